The maximum atomic E-state index is 5.94. The standard InChI is InChI=1S/C16H25ClN2/c1-13(2)10-16-12-19(9-3-8-18-16)11-14-4-6-15(17)7-5-14/h4-7,13,16,18H,3,8-12H2,1-2H3. The molecule has 19 heavy (non-hydrogen) atoms. The first-order valence-electron chi connectivity index (χ1n) is 7.33. The van der Waals surface area contributed by atoms with Crippen LogP contribution in [0, 0.1) is 5.92 Å². The predicted molar refractivity (Wildman–Crippen MR) is 82.6 cm³/mol. The van der Waals surface area contributed by atoms with Gasteiger partial charge in [0.05, 0.1) is 0 Å². The highest BCUT2D eigenvalue weighted by molar-refractivity contribution is 6.30. The van der Waals surface area contributed by atoms with E-state index in [-0.39, 0.29) is 0 Å². The third-order valence-corrected chi connectivity index (χ3v) is 3.89. The fourth-order valence-electron chi connectivity index (χ4n) is 2.79. The summed E-state index contributed by atoms with van der Waals surface area (Å²) in [4.78, 5) is 2.57. The van der Waals surface area contributed by atoms with Crippen molar-refractivity contribution in [1.29, 1.82) is 0 Å². The molecule has 2 nitrogen and oxygen atoms in total. The third-order valence-electron chi connectivity index (χ3n) is 3.64. The van der Waals surface area contributed by atoms with Crippen molar-refractivity contribution in [2.45, 2.75) is 39.3 Å². The van der Waals surface area contributed by atoms with Gasteiger partial charge in [-0.25, -0.2) is 0 Å². The number of nitrogens with zero attached hydrogens (tertiary/aromatic N) is 1. The van der Waals surface area contributed by atoms with Crippen molar-refractivity contribution in [2.75, 3.05) is 19.6 Å². The van der Waals surface area contributed by atoms with E-state index in [0.717, 1.165) is 30.6 Å². The van der Waals surface area contributed by atoms with Crippen molar-refractivity contribution >= 4 is 11.6 Å². The van der Waals surface area contributed by atoms with Gasteiger partial charge in [0.1, 0.15) is 0 Å². The summed E-state index contributed by atoms with van der Waals surface area (Å²) >= 11 is 5.94. The lowest BCUT2D eigenvalue weighted by Gasteiger charge is -2.25. The van der Waals surface area contributed by atoms with Crippen LogP contribution < -0.4 is 5.32 Å². The van der Waals surface area contributed by atoms with Crippen LogP contribution in [0.2, 0.25) is 5.02 Å². The fourth-order valence-corrected chi connectivity index (χ4v) is 2.92. The van der Waals surface area contributed by atoms with E-state index in [1.165, 1.54) is 24.9 Å². The van der Waals surface area contributed by atoms with Gasteiger partial charge in [0.25, 0.3) is 0 Å². The van der Waals surface area contributed by atoms with Gasteiger partial charge < -0.3 is 5.32 Å². The summed E-state index contributed by atoms with van der Waals surface area (Å²) in [5.41, 5.74) is 1.36. The Morgan fingerprint density at radius 3 is 2.74 bits per heavy atom. The molecule has 1 aromatic carbocycles. The molecule has 1 heterocycles. The molecule has 1 saturated heterocycles. The Bertz CT molecular complexity index is 375. The molecule has 0 spiro atoms. The van der Waals surface area contributed by atoms with Gasteiger partial charge in [0.15, 0.2) is 0 Å². The van der Waals surface area contributed by atoms with Crippen LogP contribution in [-0.2, 0) is 6.54 Å². The Kier molecular flexibility index (Phi) is 5.68. The lowest BCUT2D eigenvalue weighted by molar-refractivity contribution is 0.248. The SMILES string of the molecule is CC(C)CC1CN(Cc2ccc(Cl)cc2)CCCN1. The van der Waals surface area contributed by atoms with Crippen molar-refractivity contribution in [3.8, 4) is 0 Å². The molecule has 1 aliphatic heterocycles. The normalized spacial score (nSPS) is 21.6. The molecule has 1 unspecified atom stereocenters. The number of benzene rings is 1. The molecule has 1 aliphatic rings. The van der Waals surface area contributed by atoms with Crippen molar-refractivity contribution in [1.82, 2.24) is 10.2 Å². The van der Waals surface area contributed by atoms with E-state index in [2.05, 4.69) is 36.2 Å². The number of rotatable bonds is 4. The van der Waals surface area contributed by atoms with Crippen molar-refractivity contribution in [2.24, 2.45) is 5.92 Å². The molecule has 0 saturated carbocycles. The van der Waals surface area contributed by atoms with Crippen LogP contribution in [0.15, 0.2) is 24.3 Å². The van der Waals surface area contributed by atoms with Crippen LogP contribution in [-0.4, -0.2) is 30.6 Å². The van der Waals surface area contributed by atoms with Gasteiger partial charge in [-0.1, -0.05) is 37.6 Å². The summed E-state index contributed by atoms with van der Waals surface area (Å²) < 4.78 is 0. The molecule has 2 rings (SSSR count). The molecule has 0 radical (unpaired) electrons. The molecule has 0 aliphatic carbocycles. The van der Waals surface area contributed by atoms with Gasteiger partial charge in [0.2, 0.25) is 0 Å². The minimum Gasteiger partial charge on any atom is -0.313 e. The number of hydrogen-bond acceptors (Lipinski definition) is 2. The largest absolute Gasteiger partial charge is 0.313 e. The Hall–Kier alpha value is -0.570. The molecule has 1 aromatic rings. The molecule has 0 aromatic heterocycles. The van der Waals surface area contributed by atoms with Gasteiger partial charge in [0, 0.05) is 24.2 Å². The third kappa shape index (κ3) is 5.13. The lowest BCUT2D eigenvalue weighted by atomic mass is 10.0. The van der Waals surface area contributed by atoms with Crippen LogP contribution in [0.3, 0.4) is 0 Å². The van der Waals surface area contributed by atoms with Crippen LogP contribution in [0.5, 0.6) is 0 Å². The Balaban J connectivity index is 1.92. The van der Waals surface area contributed by atoms with Crippen LogP contribution in [0.1, 0.15) is 32.3 Å². The molecule has 3 heteroatoms. The van der Waals surface area contributed by atoms with E-state index in [1.807, 2.05) is 12.1 Å². The monoisotopic (exact) mass is 280 g/mol. The summed E-state index contributed by atoms with van der Waals surface area (Å²) in [7, 11) is 0. The number of hydrogen-bond donors (Lipinski definition) is 1. The zero-order chi connectivity index (χ0) is 13.7. The van der Waals surface area contributed by atoms with E-state index in [9.17, 15) is 0 Å². The van der Waals surface area contributed by atoms with E-state index < -0.39 is 0 Å². The zero-order valence-electron chi connectivity index (χ0n) is 12.0. The second kappa shape index (κ2) is 7.28. The molecular formula is C16H25ClN2. The summed E-state index contributed by atoms with van der Waals surface area (Å²) in [5.74, 6) is 0.757. The molecule has 1 atom stereocenters. The average molecular weight is 281 g/mol. The van der Waals surface area contributed by atoms with Crippen molar-refractivity contribution in [3.63, 3.8) is 0 Å². The fraction of sp³-hybridized carbons (Fsp3) is 0.625. The highest BCUT2D eigenvalue weighted by Crippen LogP contribution is 2.14. The van der Waals surface area contributed by atoms with Gasteiger partial charge in [-0.2, -0.15) is 0 Å². The molecule has 106 valence electrons. The van der Waals surface area contributed by atoms with Gasteiger partial charge >= 0.3 is 0 Å². The van der Waals surface area contributed by atoms with Gasteiger partial charge in [-0.3, -0.25) is 4.90 Å². The summed E-state index contributed by atoms with van der Waals surface area (Å²) in [6.07, 6.45) is 2.50. The quantitative estimate of drug-likeness (QED) is 0.907. The first kappa shape index (κ1) is 14.8. The Morgan fingerprint density at radius 2 is 2.05 bits per heavy atom. The van der Waals surface area contributed by atoms with E-state index in [1.54, 1.807) is 0 Å². The Labute approximate surface area is 122 Å². The van der Waals surface area contributed by atoms with E-state index >= 15 is 0 Å². The Morgan fingerprint density at radius 1 is 1.32 bits per heavy atom. The number of nitrogens with one attached hydrogen (secondary N) is 1. The maximum Gasteiger partial charge on any atom is 0.0406 e. The van der Waals surface area contributed by atoms with Crippen LogP contribution in [0.25, 0.3) is 0 Å². The van der Waals surface area contributed by atoms with Gasteiger partial charge in [-0.05, 0) is 49.5 Å². The molecule has 0 bridgehead atoms. The van der Waals surface area contributed by atoms with E-state index in [0.29, 0.717) is 6.04 Å². The summed E-state index contributed by atoms with van der Waals surface area (Å²) in [6, 6.07) is 8.88. The minimum atomic E-state index is 0.634. The lowest BCUT2D eigenvalue weighted by Crippen LogP contribution is -2.38. The van der Waals surface area contributed by atoms with Gasteiger partial charge in [-0.15, -0.1) is 0 Å². The zero-order valence-corrected chi connectivity index (χ0v) is 12.8. The topological polar surface area (TPSA) is 15.3 Å². The van der Waals surface area contributed by atoms with Crippen molar-refractivity contribution < 1.29 is 0 Å². The number of halogens is 1. The highest BCUT2D eigenvalue weighted by Gasteiger charge is 2.18. The minimum absolute atomic E-state index is 0.634. The predicted octanol–water partition coefficient (Wildman–Crippen LogP) is 3.55. The molecule has 1 N–H and O–H groups in total. The molecular weight excluding hydrogens is 256 g/mol. The molecule has 0 amide bonds. The smallest absolute Gasteiger partial charge is 0.0406 e. The van der Waals surface area contributed by atoms with Crippen LogP contribution in [0.4, 0.5) is 0 Å². The highest BCUT2D eigenvalue weighted by atomic mass is 35.5. The summed E-state index contributed by atoms with van der Waals surface area (Å²) in [5, 5.41) is 4.49. The van der Waals surface area contributed by atoms with E-state index in [4.69, 9.17) is 11.6 Å². The summed E-state index contributed by atoms with van der Waals surface area (Å²) in [6.45, 7) is 9.12. The second-order valence-electron chi connectivity index (χ2n) is 6.00. The van der Waals surface area contributed by atoms with Crippen molar-refractivity contribution in [3.05, 3.63) is 34.9 Å². The maximum absolute atomic E-state index is 5.94. The van der Waals surface area contributed by atoms with Crippen LogP contribution >= 0.6 is 11.6 Å². The second-order valence-corrected chi connectivity index (χ2v) is 6.43. The first-order valence-corrected chi connectivity index (χ1v) is 7.71. The first-order chi connectivity index (χ1) is 9.13. The molecule has 1 fully saturated rings. The average Bonchev–Trinajstić information content (AvgIpc) is 2.57.